The highest BCUT2D eigenvalue weighted by atomic mass is 32.1. The molecule has 0 saturated carbocycles. The zero-order valence-electron chi connectivity index (χ0n) is 18.2. The van der Waals surface area contributed by atoms with Crippen LogP contribution in [0.15, 0.2) is 35.7 Å². The first kappa shape index (κ1) is 22.2. The molecular formula is C23H31N3O3S. The number of nitrogens with zero attached hydrogens (tertiary/aromatic N) is 2. The Hall–Kier alpha value is -2.54. The van der Waals surface area contributed by atoms with Crippen molar-refractivity contribution in [3.63, 3.8) is 0 Å². The van der Waals surface area contributed by atoms with E-state index < -0.39 is 0 Å². The first-order chi connectivity index (χ1) is 14.4. The maximum absolute atomic E-state index is 13.3. The van der Waals surface area contributed by atoms with Gasteiger partial charge in [0.2, 0.25) is 5.91 Å². The van der Waals surface area contributed by atoms with Gasteiger partial charge in [0.1, 0.15) is 18.9 Å². The van der Waals surface area contributed by atoms with Crippen LogP contribution in [0.1, 0.15) is 42.8 Å². The Balaban J connectivity index is 1.78. The second-order valence-electron chi connectivity index (χ2n) is 7.79. The van der Waals surface area contributed by atoms with Crippen molar-refractivity contribution in [2.45, 2.75) is 46.2 Å². The number of fused-ring (bicyclic) bond motifs is 1. The van der Waals surface area contributed by atoms with E-state index in [1.165, 1.54) is 4.88 Å². The number of carbonyl (C=O) groups is 2. The lowest BCUT2D eigenvalue weighted by atomic mass is 10.00. The third-order valence-electron chi connectivity index (χ3n) is 5.42. The maximum Gasteiger partial charge on any atom is 0.318 e. The standard InChI is InChI=1S/C23H31N3O3S/c1-5-24-23(28)26(16(2)3)14-22(27)25-12-10-21-18(11-13-30-21)19(25)15-29-20-9-7-6-8-17(20)4/h6-9,11,13,16,19H,5,10,12,14-15H2,1-4H3,(H,24,28). The average Bonchev–Trinajstić information content (AvgIpc) is 3.20. The van der Waals surface area contributed by atoms with E-state index in [9.17, 15) is 9.59 Å². The predicted molar refractivity (Wildman–Crippen MR) is 120 cm³/mol. The lowest BCUT2D eigenvalue weighted by molar-refractivity contribution is -0.135. The average molecular weight is 430 g/mol. The Bertz CT molecular complexity index is 880. The van der Waals surface area contributed by atoms with Crippen molar-refractivity contribution in [1.82, 2.24) is 15.1 Å². The summed E-state index contributed by atoms with van der Waals surface area (Å²) in [6.07, 6.45) is 0.836. The van der Waals surface area contributed by atoms with Gasteiger partial charge in [-0.15, -0.1) is 11.3 Å². The normalized spacial score (nSPS) is 15.6. The van der Waals surface area contributed by atoms with Gasteiger partial charge in [0.25, 0.3) is 0 Å². The number of ether oxygens (including phenoxy) is 1. The highest BCUT2D eigenvalue weighted by Gasteiger charge is 2.34. The number of rotatable bonds is 7. The Labute approximate surface area is 182 Å². The van der Waals surface area contributed by atoms with Crippen LogP contribution in [0, 0.1) is 6.92 Å². The molecule has 1 aliphatic heterocycles. The van der Waals surface area contributed by atoms with Crippen LogP contribution in [0.2, 0.25) is 0 Å². The van der Waals surface area contributed by atoms with E-state index in [0.717, 1.165) is 23.3 Å². The molecule has 1 N–H and O–H groups in total. The van der Waals surface area contributed by atoms with E-state index in [1.807, 2.05) is 56.9 Å². The van der Waals surface area contributed by atoms with E-state index in [4.69, 9.17) is 4.74 Å². The fourth-order valence-electron chi connectivity index (χ4n) is 3.74. The summed E-state index contributed by atoms with van der Waals surface area (Å²) in [5.41, 5.74) is 2.22. The molecule has 6 nitrogen and oxygen atoms in total. The van der Waals surface area contributed by atoms with Gasteiger partial charge in [-0.05, 0) is 62.8 Å². The number of aryl methyl sites for hydroxylation is 1. The molecule has 0 spiro atoms. The van der Waals surface area contributed by atoms with Crippen molar-refractivity contribution in [2.24, 2.45) is 0 Å². The van der Waals surface area contributed by atoms with Crippen molar-refractivity contribution in [1.29, 1.82) is 0 Å². The molecule has 0 saturated heterocycles. The van der Waals surface area contributed by atoms with Crippen molar-refractivity contribution < 1.29 is 14.3 Å². The number of carbonyl (C=O) groups excluding carboxylic acids is 2. The molecular weight excluding hydrogens is 398 g/mol. The Kier molecular flexibility index (Phi) is 7.37. The van der Waals surface area contributed by atoms with Crippen LogP contribution in [0.4, 0.5) is 4.79 Å². The Morgan fingerprint density at radius 2 is 2.07 bits per heavy atom. The van der Waals surface area contributed by atoms with Crippen molar-refractivity contribution in [3.8, 4) is 5.75 Å². The molecule has 7 heteroatoms. The van der Waals surface area contributed by atoms with Gasteiger partial charge in [0.15, 0.2) is 0 Å². The van der Waals surface area contributed by atoms with Crippen LogP contribution >= 0.6 is 11.3 Å². The molecule has 0 radical (unpaired) electrons. The quantitative estimate of drug-likeness (QED) is 0.724. The fraction of sp³-hybridized carbons (Fsp3) is 0.478. The van der Waals surface area contributed by atoms with Crippen LogP contribution in [0.3, 0.4) is 0 Å². The Morgan fingerprint density at radius 1 is 1.30 bits per heavy atom. The minimum Gasteiger partial charge on any atom is -0.491 e. The van der Waals surface area contributed by atoms with Gasteiger partial charge < -0.3 is 19.9 Å². The molecule has 1 unspecified atom stereocenters. The van der Waals surface area contributed by atoms with Crippen LogP contribution < -0.4 is 10.1 Å². The molecule has 3 amide bonds. The number of nitrogens with one attached hydrogen (secondary N) is 1. The van der Waals surface area contributed by atoms with Gasteiger partial charge in [-0.1, -0.05) is 18.2 Å². The van der Waals surface area contributed by atoms with Crippen LogP contribution in [-0.2, 0) is 11.2 Å². The van der Waals surface area contributed by atoms with Crippen molar-refractivity contribution in [3.05, 3.63) is 51.7 Å². The van der Waals surface area contributed by atoms with E-state index in [0.29, 0.717) is 19.7 Å². The van der Waals surface area contributed by atoms with Gasteiger partial charge in [0, 0.05) is 24.0 Å². The van der Waals surface area contributed by atoms with Gasteiger partial charge in [0.05, 0.1) is 6.04 Å². The molecule has 30 heavy (non-hydrogen) atoms. The summed E-state index contributed by atoms with van der Waals surface area (Å²) in [7, 11) is 0. The Morgan fingerprint density at radius 3 is 2.77 bits per heavy atom. The summed E-state index contributed by atoms with van der Waals surface area (Å²) in [6.45, 7) is 9.36. The SMILES string of the molecule is CCNC(=O)N(CC(=O)N1CCc2sccc2C1COc1ccccc1C)C(C)C. The largest absolute Gasteiger partial charge is 0.491 e. The van der Waals surface area contributed by atoms with E-state index in [-0.39, 0.29) is 30.6 Å². The van der Waals surface area contributed by atoms with Gasteiger partial charge in [-0.2, -0.15) is 0 Å². The van der Waals surface area contributed by atoms with E-state index in [1.54, 1.807) is 16.2 Å². The second-order valence-corrected chi connectivity index (χ2v) is 8.79. The number of urea groups is 1. The molecule has 0 fully saturated rings. The predicted octanol–water partition coefficient (Wildman–Crippen LogP) is 4.00. The molecule has 3 rings (SSSR count). The molecule has 0 bridgehead atoms. The minimum atomic E-state index is -0.207. The van der Waals surface area contributed by atoms with Crippen molar-refractivity contribution in [2.75, 3.05) is 26.2 Å². The summed E-state index contributed by atoms with van der Waals surface area (Å²) in [4.78, 5) is 30.5. The zero-order valence-corrected chi connectivity index (χ0v) is 19.0. The highest BCUT2D eigenvalue weighted by Crippen LogP contribution is 2.34. The molecule has 1 aromatic heterocycles. The monoisotopic (exact) mass is 429 g/mol. The summed E-state index contributed by atoms with van der Waals surface area (Å²) < 4.78 is 6.14. The summed E-state index contributed by atoms with van der Waals surface area (Å²) in [5, 5.41) is 4.88. The summed E-state index contributed by atoms with van der Waals surface area (Å²) in [5.74, 6) is 0.781. The van der Waals surface area contributed by atoms with Crippen molar-refractivity contribution >= 4 is 23.3 Å². The number of para-hydroxylation sites is 1. The van der Waals surface area contributed by atoms with E-state index in [2.05, 4.69) is 16.8 Å². The highest BCUT2D eigenvalue weighted by molar-refractivity contribution is 7.10. The number of amides is 3. The number of hydrogen-bond acceptors (Lipinski definition) is 4. The molecule has 2 aromatic rings. The smallest absolute Gasteiger partial charge is 0.318 e. The van der Waals surface area contributed by atoms with E-state index >= 15 is 0 Å². The second kappa shape index (κ2) is 9.98. The van der Waals surface area contributed by atoms with Crippen LogP contribution in [0.5, 0.6) is 5.75 Å². The lowest BCUT2D eigenvalue weighted by Crippen LogP contribution is -2.51. The third-order valence-corrected chi connectivity index (χ3v) is 6.42. The minimum absolute atomic E-state index is 0.0508. The number of hydrogen-bond donors (Lipinski definition) is 1. The number of thiophene rings is 1. The summed E-state index contributed by atoms with van der Waals surface area (Å²) >= 11 is 1.73. The van der Waals surface area contributed by atoms with Gasteiger partial charge in [-0.25, -0.2) is 4.79 Å². The van der Waals surface area contributed by atoms with Gasteiger partial charge >= 0.3 is 6.03 Å². The molecule has 162 valence electrons. The number of benzene rings is 1. The van der Waals surface area contributed by atoms with Crippen LogP contribution in [0.25, 0.3) is 0 Å². The topological polar surface area (TPSA) is 61.9 Å². The molecule has 2 heterocycles. The summed E-state index contributed by atoms with van der Waals surface area (Å²) in [6, 6.07) is 9.57. The third kappa shape index (κ3) is 4.95. The fourth-order valence-corrected chi connectivity index (χ4v) is 4.67. The first-order valence-electron chi connectivity index (χ1n) is 10.5. The lowest BCUT2D eigenvalue weighted by Gasteiger charge is -2.37. The van der Waals surface area contributed by atoms with Gasteiger partial charge in [-0.3, -0.25) is 4.79 Å². The molecule has 1 atom stereocenters. The zero-order chi connectivity index (χ0) is 21.7. The molecule has 0 aliphatic carbocycles. The molecule has 1 aliphatic rings. The molecule has 1 aromatic carbocycles. The van der Waals surface area contributed by atoms with Crippen LogP contribution in [-0.4, -0.2) is 54.0 Å². The first-order valence-corrected chi connectivity index (χ1v) is 11.4. The maximum atomic E-state index is 13.3.